The summed E-state index contributed by atoms with van der Waals surface area (Å²) in [5, 5.41) is 0. The molecule has 1 atom stereocenters. The molecule has 3 rings (SSSR count). The molecule has 0 spiro atoms. The highest BCUT2D eigenvalue weighted by Gasteiger charge is 2.31. The summed E-state index contributed by atoms with van der Waals surface area (Å²) in [6, 6.07) is 9.53. The zero-order valence-corrected chi connectivity index (χ0v) is 15.6. The van der Waals surface area contributed by atoms with Gasteiger partial charge in [-0.25, -0.2) is 4.39 Å². The maximum Gasteiger partial charge on any atom is 0.416 e. The number of ether oxygens (including phenoxy) is 2. The molecule has 3 nitrogen and oxygen atoms in total. The first-order valence-electron chi connectivity index (χ1n) is 9.23. The minimum atomic E-state index is -4.45. The van der Waals surface area contributed by atoms with Gasteiger partial charge in [0.1, 0.15) is 6.10 Å². The third kappa shape index (κ3) is 5.45. The lowest BCUT2D eigenvalue weighted by atomic mass is 10.0. The Hall–Kier alpha value is -2.12. The monoisotopic (exact) mass is 397 g/mol. The van der Waals surface area contributed by atoms with Crippen molar-refractivity contribution in [3.8, 4) is 5.75 Å². The Morgan fingerprint density at radius 1 is 1.11 bits per heavy atom. The minimum absolute atomic E-state index is 0.0457. The first-order valence-corrected chi connectivity index (χ1v) is 9.23. The molecule has 28 heavy (non-hydrogen) atoms. The number of alkyl halides is 3. The van der Waals surface area contributed by atoms with Crippen molar-refractivity contribution < 1.29 is 27.0 Å². The van der Waals surface area contributed by atoms with Crippen molar-refractivity contribution in [1.82, 2.24) is 4.90 Å². The Morgan fingerprint density at radius 2 is 1.86 bits per heavy atom. The molecule has 0 radical (unpaired) electrons. The van der Waals surface area contributed by atoms with Crippen LogP contribution in [0.5, 0.6) is 5.75 Å². The first kappa shape index (κ1) is 20.6. The van der Waals surface area contributed by atoms with E-state index >= 15 is 0 Å². The third-order valence-electron chi connectivity index (χ3n) is 4.75. The van der Waals surface area contributed by atoms with Crippen LogP contribution in [-0.4, -0.2) is 37.7 Å². The quantitative estimate of drug-likeness (QED) is 0.641. The fourth-order valence-corrected chi connectivity index (χ4v) is 3.19. The third-order valence-corrected chi connectivity index (χ3v) is 4.75. The number of hydrogen-bond donors (Lipinski definition) is 0. The first-order chi connectivity index (χ1) is 13.3. The average molecular weight is 397 g/mol. The highest BCUT2D eigenvalue weighted by molar-refractivity contribution is 5.32. The Morgan fingerprint density at radius 3 is 2.57 bits per heavy atom. The number of morpholine rings is 1. The topological polar surface area (TPSA) is 21.7 Å². The summed E-state index contributed by atoms with van der Waals surface area (Å²) < 4.78 is 64.8. The predicted molar refractivity (Wildman–Crippen MR) is 97.8 cm³/mol. The molecule has 1 aliphatic heterocycles. The molecule has 152 valence electrons. The summed E-state index contributed by atoms with van der Waals surface area (Å²) in [4.78, 5) is 2.17. The van der Waals surface area contributed by atoms with Crippen LogP contribution in [0.15, 0.2) is 42.5 Å². The summed E-state index contributed by atoms with van der Waals surface area (Å²) in [5.74, 6) is -0.488. The molecule has 0 aromatic heterocycles. The molecular formula is C21H23F4NO2. The van der Waals surface area contributed by atoms with Crippen LogP contribution in [0.1, 0.15) is 29.2 Å². The normalized spacial score (nSPS) is 16.8. The van der Waals surface area contributed by atoms with Gasteiger partial charge in [0.25, 0.3) is 0 Å². The van der Waals surface area contributed by atoms with Gasteiger partial charge in [0.2, 0.25) is 0 Å². The van der Waals surface area contributed by atoms with Gasteiger partial charge >= 0.3 is 6.18 Å². The van der Waals surface area contributed by atoms with Crippen molar-refractivity contribution in [3.63, 3.8) is 0 Å². The van der Waals surface area contributed by atoms with Gasteiger partial charge in [-0.1, -0.05) is 18.2 Å². The largest absolute Gasteiger partial charge is 0.483 e. The molecule has 0 N–H and O–H groups in total. The van der Waals surface area contributed by atoms with E-state index in [1.807, 2.05) is 0 Å². The highest BCUT2D eigenvalue weighted by atomic mass is 19.4. The number of halogens is 4. The van der Waals surface area contributed by atoms with Crippen molar-refractivity contribution >= 4 is 0 Å². The van der Waals surface area contributed by atoms with E-state index in [1.165, 1.54) is 12.1 Å². The summed E-state index contributed by atoms with van der Waals surface area (Å²) in [6.45, 7) is 5.20. The van der Waals surface area contributed by atoms with Crippen molar-refractivity contribution in [2.75, 3.05) is 32.8 Å². The van der Waals surface area contributed by atoms with Crippen LogP contribution in [-0.2, 0) is 10.9 Å². The Labute approximate surface area is 161 Å². The zero-order chi connectivity index (χ0) is 20.1. The lowest BCUT2D eigenvalue weighted by molar-refractivity contribution is -0.137. The van der Waals surface area contributed by atoms with Gasteiger partial charge in [-0.3, -0.25) is 4.90 Å². The number of nitrogens with zero attached hydrogens (tertiary/aromatic N) is 1. The summed E-state index contributed by atoms with van der Waals surface area (Å²) >= 11 is 0. The van der Waals surface area contributed by atoms with Crippen LogP contribution in [0.4, 0.5) is 17.6 Å². The van der Waals surface area contributed by atoms with Gasteiger partial charge in [0.15, 0.2) is 11.6 Å². The fraction of sp³-hybridized carbons (Fsp3) is 0.429. The van der Waals surface area contributed by atoms with Crippen LogP contribution in [0.3, 0.4) is 0 Å². The molecule has 0 saturated carbocycles. The van der Waals surface area contributed by atoms with Crippen molar-refractivity contribution in [3.05, 3.63) is 65.0 Å². The summed E-state index contributed by atoms with van der Waals surface area (Å²) in [5.41, 5.74) is 0.450. The van der Waals surface area contributed by atoms with Gasteiger partial charge in [-0.05, 0) is 42.3 Å². The standard InChI is InChI=1S/C21H23F4NO2/c1-15-5-6-18(22)20(13-15)28-19(7-8-26-9-11-27-12-10-26)16-3-2-4-17(14-16)21(23,24)25/h2-6,13-14,19H,7-12H2,1H3. The van der Waals surface area contributed by atoms with Gasteiger partial charge in [-0.15, -0.1) is 0 Å². The fourth-order valence-electron chi connectivity index (χ4n) is 3.19. The summed E-state index contributed by atoms with van der Waals surface area (Å²) in [6.07, 6.45) is -4.70. The zero-order valence-electron chi connectivity index (χ0n) is 15.6. The van der Waals surface area contributed by atoms with E-state index in [4.69, 9.17) is 9.47 Å². The SMILES string of the molecule is Cc1ccc(F)c(OC(CCN2CCOCC2)c2cccc(C(F)(F)F)c2)c1. The van der Waals surface area contributed by atoms with Crippen molar-refractivity contribution in [2.24, 2.45) is 0 Å². The number of benzene rings is 2. The second kappa shape index (κ2) is 8.92. The van der Waals surface area contributed by atoms with E-state index in [0.717, 1.165) is 30.8 Å². The molecule has 1 unspecified atom stereocenters. The number of rotatable bonds is 6. The van der Waals surface area contributed by atoms with Crippen LogP contribution >= 0.6 is 0 Å². The second-order valence-electron chi connectivity index (χ2n) is 6.91. The summed E-state index contributed by atoms with van der Waals surface area (Å²) in [7, 11) is 0. The molecule has 2 aromatic rings. The van der Waals surface area contributed by atoms with E-state index in [2.05, 4.69) is 4.90 Å². The van der Waals surface area contributed by atoms with E-state index in [9.17, 15) is 17.6 Å². The minimum Gasteiger partial charge on any atom is -0.483 e. The second-order valence-corrected chi connectivity index (χ2v) is 6.91. The van der Waals surface area contributed by atoms with Crippen molar-refractivity contribution in [1.29, 1.82) is 0 Å². The van der Waals surface area contributed by atoms with E-state index in [0.29, 0.717) is 31.7 Å². The average Bonchev–Trinajstić information content (AvgIpc) is 2.68. The molecule has 0 bridgehead atoms. The predicted octanol–water partition coefficient (Wildman–Crippen LogP) is 5.00. The van der Waals surface area contributed by atoms with Gasteiger partial charge < -0.3 is 9.47 Å². The Balaban J connectivity index is 1.84. The number of hydrogen-bond acceptors (Lipinski definition) is 3. The molecule has 1 saturated heterocycles. The van der Waals surface area contributed by atoms with E-state index in [1.54, 1.807) is 25.1 Å². The van der Waals surface area contributed by atoms with E-state index in [-0.39, 0.29) is 5.75 Å². The lowest BCUT2D eigenvalue weighted by Gasteiger charge is -2.29. The molecule has 7 heteroatoms. The molecule has 0 aliphatic carbocycles. The van der Waals surface area contributed by atoms with Gasteiger partial charge in [-0.2, -0.15) is 13.2 Å². The maximum atomic E-state index is 14.2. The molecule has 0 amide bonds. The van der Waals surface area contributed by atoms with Crippen LogP contribution in [0, 0.1) is 12.7 Å². The van der Waals surface area contributed by atoms with Gasteiger partial charge in [0, 0.05) is 26.1 Å². The van der Waals surface area contributed by atoms with Gasteiger partial charge in [0.05, 0.1) is 18.8 Å². The molecule has 1 heterocycles. The smallest absolute Gasteiger partial charge is 0.416 e. The van der Waals surface area contributed by atoms with E-state index < -0.39 is 23.7 Å². The highest BCUT2D eigenvalue weighted by Crippen LogP contribution is 2.33. The molecule has 1 aliphatic rings. The molecule has 2 aromatic carbocycles. The van der Waals surface area contributed by atoms with Crippen LogP contribution < -0.4 is 4.74 Å². The number of aryl methyl sites for hydroxylation is 1. The Kier molecular flexibility index (Phi) is 6.57. The van der Waals surface area contributed by atoms with Crippen molar-refractivity contribution in [2.45, 2.75) is 25.6 Å². The van der Waals surface area contributed by atoms with Crippen LogP contribution in [0.25, 0.3) is 0 Å². The lowest BCUT2D eigenvalue weighted by Crippen LogP contribution is -2.37. The molecule has 1 fully saturated rings. The maximum absolute atomic E-state index is 14.2. The Bertz CT molecular complexity index is 788. The molecular weight excluding hydrogens is 374 g/mol. The van der Waals surface area contributed by atoms with Crippen LogP contribution in [0.2, 0.25) is 0 Å².